The average Bonchev–Trinajstić information content (AvgIpc) is 2.88. The van der Waals surface area contributed by atoms with E-state index in [1.54, 1.807) is 0 Å². The highest BCUT2D eigenvalue weighted by Gasteiger charge is 2.23. The summed E-state index contributed by atoms with van der Waals surface area (Å²) in [6.45, 7) is 10.6. The van der Waals surface area contributed by atoms with Gasteiger partial charge in [-0.1, -0.05) is 6.92 Å². The van der Waals surface area contributed by atoms with E-state index < -0.39 is 0 Å². The van der Waals surface area contributed by atoms with Gasteiger partial charge < -0.3 is 9.72 Å². The van der Waals surface area contributed by atoms with E-state index in [0.717, 1.165) is 56.1 Å². The molecule has 0 aliphatic carbocycles. The molecule has 1 aliphatic heterocycles. The highest BCUT2D eigenvalue weighted by molar-refractivity contribution is 5.23. The number of nitrogens with one attached hydrogen (secondary N) is 1. The van der Waals surface area contributed by atoms with Gasteiger partial charge in [0.2, 0.25) is 0 Å². The molecule has 0 aromatic carbocycles. The fourth-order valence-corrected chi connectivity index (χ4v) is 2.78. The second-order valence-electron chi connectivity index (χ2n) is 5.87. The molecule has 0 radical (unpaired) electrons. The van der Waals surface area contributed by atoms with Crippen molar-refractivity contribution in [1.82, 2.24) is 9.88 Å². The topological polar surface area (TPSA) is 45.3 Å². The van der Waals surface area contributed by atoms with E-state index in [0.29, 0.717) is 5.92 Å². The van der Waals surface area contributed by atoms with Crippen molar-refractivity contribution in [3.8, 4) is 0 Å². The zero-order valence-corrected chi connectivity index (χ0v) is 12.9. The van der Waals surface area contributed by atoms with E-state index >= 15 is 0 Å². The van der Waals surface area contributed by atoms with E-state index in [2.05, 4.69) is 16.8 Å². The summed E-state index contributed by atoms with van der Waals surface area (Å²) in [7, 11) is 0. The zero-order valence-electron chi connectivity index (χ0n) is 12.9. The van der Waals surface area contributed by atoms with Crippen LogP contribution >= 0.6 is 0 Å². The molecule has 1 aromatic heterocycles. The van der Waals surface area contributed by atoms with Gasteiger partial charge in [0.05, 0.1) is 6.61 Å². The third kappa shape index (κ3) is 3.70. The van der Waals surface area contributed by atoms with Gasteiger partial charge in [0, 0.05) is 42.7 Å². The minimum atomic E-state index is 0.167. The first-order chi connectivity index (χ1) is 9.61. The van der Waals surface area contributed by atoms with Crippen molar-refractivity contribution in [2.45, 2.75) is 40.2 Å². The number of likely N-dealkylation sites (tertiary alicyclic amines) is 1. The van der Waals surface area contributed by atoms with Gasteiger partial charge in [-0.25, -0.2) is 0 Å². The first-order valence-electron chi connectivity index (χ1n) is 7.59. The normalized spacial score (nSPS) is 19.6. The van der Waals surface area contributed by atoms with E-state index in [-0.39, 0.29) is 5.43 Å². The van der Waals surface area contributed by atoms with Crippen LogP contribution in [0.2, 0.25) is 0 Å². The maximum atomic E-state index is 11.9. The first kappa shape index (κ1) is 15.3. The summed E-state index contributed by atoms with van der Waals surface area (Å²) >= 11 is 0. The van der Waals surface area contributed by atoms with Crippen LogP contribution in [0.5, 0.6) is 0 Å². The first-order valence-corrected chi connectivity index (χ1v) is 7.59. The smallest absolute Gasteiger partial charge is 0.187 e. The van der Waals surface area contributed by atoms with Crippen LogP contribution in [0.3, 0.4) is 0 Å². The minimum Gasteiger partial charge on any atom is -0.381 e. The molecule has 0 saturated carbocycles. The lowest BCUT2D eigenvalue weighted by Crippen LogP contribution is -2.24. The molecule has 20 heavy (non-hydrogen) atoms. The average molecular weight is 278 g/mol. The van der Waals surface area contributed by atoms with Crippen LogP contribution in [0.4, 0.5) is 0 Å². The Bertz CT molecular complexity index is 496. The molecule has 112 valence electrons. The molecule has 1 aromatic rings. The van der Waals surface area contributed by atoms with Crippen molar-refractivity contribution >= 4 is 0 Å². The second-order valence-corrected chi connectivity index (χ2v) is 5.87. The Kier molecular flexibility index (Phi) is 5.38. The molecule has 0 amide bonds. The standard InChI is InChI=1S/C16H26N2O2/c1-4-7-20-11-14-5-6-18(9-14)10-15-13(3)16(19)12(2)8-17-15/h8,14H,4-7,9-11H2,1-3H3,(H,17,19)/t14-/m1/s1. The molecule has 0 bridgehead atoms. The van der Waals surface area contributed by atoms with Gasteiger partial charge in [0.25, 0.3) is 0 Å². The summed E-state index contributed by atoms with van der Waals surface area (Å²) in [5.74, 6) is 0.638. The highest BCUT2D eigenvalue weighted by atomic mass is 16.5. The molecule has 1 aliphatic rings. The largest absolute Gasteiger partial charge is 0.381 e. The zero-order chi connectivity index (χ0) is 14.5. The molecular weight excluding hydrogens is 252 g/mol. The van der Waals surface area contributed by atoms with Gasteiger partial charge >= 0.3 is 0 Å². The van der Waals surface area contributed by atoms with E-state index in [9.17, 15) is 4.79 Å². The van der Waals surface area contributed by atoms with E-state index in [1.165, 1.54) is 6.42 Å². The number of ether oxygens (including phenoxy) is 1. The van der Waals surface area contributed by atoms with Crippen molar-refractivity contribution in [2.75, 3.05) is 26.3 Å². The fourth-order valence-electron chi connectivity index (χ4n) is 2.78. The van der Waals surface area contributed by atoms with Crippen LogP contribution in [-0.4, -0.2) is 36.2 Å². The van der Waals surface area contributed by atoms with Gasteiger partial charge in [0.15, 0.2) is 5.43 Å². The van der Waals surface area contributed by atoms with Crippen LogP contribution in [0.1, 0.15) is 36.6 Å². The molecule has 0 unspecified atom stereocenters. The summed E-state index contributed by atoms with van der Waals surface area (Å²) < 4.78 is 5.64. The molecule has 1 saturated heterocycles. The lowest BCUT2D eigenvalue weighted by molar-refractivity contribution is 0.101. The van der Waals surface area contributed by atoms with Gasteiger partial charge in [0.1, 0.15) is 0 Å². The summed E-state index contributed by atoms with van der Waals surface area (Å²) in [6, 6.07) is 0. The van der Waals surface area contributed by atoms with Crippen molar-refractivity contribution in [1.29, 1.82) is 0 Å². The van der Waals surface area contributed by atoms with Gasteiger partial charge in [-0.3, -0.25) is 9.69 Å². The Morgan fingerprint density at radius 1 is 1.45 bits per heavy atom. The Balaban J connectivity index is 1.89. The Morgan fingerprint density at radius 2 is 2.25 bits per heavy atom. The molecule has 2 heterocycles. The quantitative estimate of drug-likeness (QED) is 0.812. The predicted molar refractivity (Wildman–Crippen MR) is 81.0 cm³/mol. The van der Waals surface area contributed by atoms with Gasteiger partial charge in [-0.15, -0.1) is 0 Å². The number of hydrogen-bond donors (Lipinski definition) is 1. The maximum absolute atomic E-state index is 11.9. The number of rotatable bonds is 6. The Hall–Kier alpha value is -1.13. The molecule has 4 heteroatoms. The second kappa shape index (κ2) is 7.04. The van der Waals surface area contributed by atoms with Gasteiger partial charge in [-0.2, -0.15) is 0 Å². The summed E-state index contributed by atoms with van der Waals surface area (Å²) in [5.41, 5.74) is 2.87. The minimum absolute atomic E-state index is 0.167. The fraction of sp³-hybridized carbons (Fsp3) is 0.688. The number of aryl methyl sites for hydroxylation is 1. The Labute approximate surface area is 121 Å². The van der Waals surface area contributed by atoms with Crippen LogP contribution in [0.25, 0.3) is 0 Å². The number of hydrogen-bond acceptors (Lipinski definition) is 3. The SMILES string of the molecule is CCCOC[C@@H]1CCN(Cc2[nH]cc(C)c(=O)c2C)C1. The molecule has 1 N–H and O–H groups in total. The maximum Gasteiger partial charge on any atom is 0.187 e. The third-order valence-corrected chi connectivity index (χ3v) is 4.07. The third-order valence-electron chi connectivity index (χ3n) is 4.07. The van der Waals surface area contributed by atoms with Crippen molar-refractivity contribution in [3.05, 3.63) is 33.2 Å². The van der Waals surface area contributed by atoms with Crippen LogP contribution in [0.15, 0.2) is 11.0 Å². The van der Waals surface area contributed by atoms with E-state index in [1.807, 2.05) is 20.0 Å². The monoisotopic (exact) mass is 278 g/mol. The number of H-pyrrole nitrogens is 1. The van der Waals surface area contributed by atoms with E-state index in [4.69, 9.17) is 4.74 Å². The molecule has 4 nitrogen and oxygen atoms in total. The lowest BCUT2D eigenvalue weighted by atomic mass is 10.1. The number of aromatic amines is 1. The molecule has 1 atom stereocenters. The van der Waals surface area contributed by atoms with Crippen molar-refractivity contribution in [2.24, 2.45) is 5.92 Å². The molecule has 2 rings (SSSR count). The summed E-state index contributed by atoms with van der Waals surface area (Å²) in [5, 5.41) is 0. The number of pyridine rings is 1. The Morgan fingerprint density at radius 3 is 3.00 bits per heavy atom. The predicted octanol–water partition coefficient (Wildman–Crippen LogP) is 2.24. The van der Waals surface area contributed by atoms with Gasteiger partial charge in [-0.05, 0) is 39.2 Å². The van der Waals surface area contributed by atoms with Crippen LogP contribution < -0.4 is 5.43 Å². The summed E-state index contributed by atoms with van der Waals surface area (Å²) in [6.07, 6.45) is 4.10. The van der Waals surface area contributed by atoms with Crippen molar-refractivity contribution in [3.63, 3.8) is 0 Å². The molecule has 0 spiro atoms. The lowest BCUT2D eigenvalue weighted by Gasteiger charge is -2.17. The molecular formula is C16H26N2O2. The van der Waals surface area contributed by atoms with Crippen molar-refractivity contribution < 1.29 is 4.74 Å². The number of aromatic nitrogens is 1. The van der Waals surface area contributed by atoms with Crippen LogP contribution in [0, 0.1) is 19.8 Å². The number of nitrogens with zero attached hydrogens (tertiary/aromatic N) is 1. The van der Waals surface area contributed by atoms with Crippen LogP contribution in [-0.2, 0) is 11.3 Å². The summed E-state index contributed by atoms with van der Waals surface area (Å²) in [4.78, 5) is 17.6. The molecule has 1 fully saturated rings. The highest BCUT2D eigenvalue weighted by Crippen LogP contribution is 2.19.